The second kappa shape index (κ2) is 35.4. The van der Waals surface area contributed by atoms with Gasteiger partial charge in [-0.15, -0.1) is 0 Å². The van der Waals surface area contributed by atoms with Crippen LogP contribution in [0.15, 0.2) is 36.5 Å². The lowest BCUT2D eigenvalue weighted by Gasteiger charge is -2.21. The fourth-order valence-corrected chi connectivity index (χ4v) is 5.66. The van der Waals surface area contributed by atoms with Crippen LogP contribution in [-0.4, -0.2) is 46.1 Å². The van der Waals surface area contributed by atoms with Gasteiger partial charge in [-0.1, -0.05) is 172 Å². The van der Waals surface area contributed by atoms with Crippen molar-refractivity contribution in [3.8, 4) is 0 Å². The molecular weight excluding hydrogens is 558 g/mol. The average Bonchev–Trinajstić information content (AvgIpc) is 3.03. The molecule has 0 heterocycles. The summed E-state index contributed by atoms with van der Waals surface area (Å²) in [6.45, 7) is 4.16. The van der Waals surface area contributed by atoms with E-state index in [1.165, 1.54) is 122 Å². The molecule has 264 valence electrons. The van der Waals surface area contributed by atoms with Gasteiger partial charge in [0.2, 0.25) is 5.91 Å². The Morgan fingerprint density at radius 1 is 0.556 bits per heavy atom. The molecule has 45 heavy (non-hydrogen) atoms. The van der Waals surface area contributed by atoms with Gasteiger partial charge >= 0.3 is 0 Å². The van der Waals surface area contributed by atoms with Crippen LogP contribution in [-0.2, 0) is 4.79 Å². The second-order valence-corrected chi connectivity index (χ2v) is 13.2. The number of hydrogen-bond acceptors (Lipinski definition) is 4. The van der Waals surface area contributed by atoms with E-state index in [1.54, 1.807) is 6.08 Å². The van der Waals surface area contributed by atoms with E-state index in [-0.39, 0.29) is 18.9 Å². The Kier molecular flexibility index (Phi) is 34.3. The standard InChI is InChI=1S/C40H75NO4/c1-3-5-7-9-11-13-14-15-16-17-18-19-20-21-22-23-24-26-28-30-32-34-39(44)38(36-42)41-40(45)35-37(43)33-31-29-27-25-12-10-8-6-4-2/h20-21,24,26,32,34,37-39,42-44H,3-19,22-23,25,27-31,33,35-36H2,1-2H3,(H,41,45)/b21-20+,26-24+,34-32+. The number of nitrogens with one attached hydrogen (secondary N) is 1. The number of aliphatic hydroxyl groups excluding tert-OH is 3. The summed E-state index contributed by atoms with van der Waals surface area (Å²) >= 11 is 0. The van der Waals surface area contributed by atoms with Crippen LogP contribution in [0.1, 0.15) is 187 Å². The van der Waals surface area contributed by atoms with Crippen molar-refractivity contribution in [2.45, 2.75) is 205 Å². The quantitative estimate of drug-likeness (QED) is 0.0419. The van der Waals surface area contributed by atoms with Crippen molar-refractivity contribution >= 4 is 5.91 Å². The van der Waals surface area contributed by atoms with Crippen LogP contribution in [0.3, 0.4) is 0 Å². The summed E-state index contributed by atoms with van der Waals surface area (Å²) in [5.74, 6) is -0.333. The second-order valence-electron chi connectivity index (χ2n) is 13.2. The van der Waals surface area contributed by atoms with E-state index in [9.17, 15) is 20.1 Å². The Labute approximate surface area is 279 Å². The third-order valence-corrected chi connectivity index (χ3v) is 8.66. The molecule has 0 aliphatic rings. The van der Waals surface area contributed by atoms with Crippen molar-refractivity contribution in [2.75, 3.05) is 6.61 Å². The van der Waals surface area contributed by atoms with Gasteiger partial charge in [0.1, 0.15) is 0 Å². The zero-order chi connectivity index (χ0) is 33.1. The van der Waals surface area contributed by atoms with Gasteiger partial charge in [0.05, 0.1) is 31.3 Å². The van der Waals surface area contributed by atoms with Crippen molar-refractivity contribution in [3.63, 3.8) is 0 Å². The van der Waals surface area contributed by atoms with Crippen molar-refractivity contribution in [3.05, 3.63) is 36.5 Å². The van der Waals surface area contributed by atoms with Crippen LogP contribution in [0.4, 0.5) is 0 Å². The molecule has 0 aromatic rings. The highest BCUT2D eigenvalue weighted by atomic mass is 16.3. The Morgan fingerprint density at radius 2 is 0.956 bits per heavy atom. The minimum absolute atomic E-state index is 0.00327. The molecule has 0 spiro atoms. The third kappa shape index (κ3) is 32.3. The fourth-order valence-electron chi connectivity index (χ4n) is 5.66. The van der Waals surface area contributed by atoms with Gasteiger partial charge in [-0.25, -0.2) is 0 Å². The molecule has 0 saturated heterocycles. The molecule has 0 fully saturated rings. The molecule has 0 aliphatic carbocycles. The van der Waals surface area contributed by atoms with Gasteiger partial charge < -0.3 is 20.6 Å². The summed E-state index contributed by atoms with van der Waals surface area (Å²) in [4.78, 5) is 12.3. The Bertz CT molecular complexity index is 704. The van der Waals surface area contributed by atoms with Gasteiger partial charge in [-0.3, -0.25) is 4.79 Å². The number of carbonyl (C=O) groups excluding carboxylic acids is 1. The van der Waals surface area contributed by atoms with Crippen molar-refractivity contribution in [2.24, 2.45) is 0 Å². The summed E-state index contributed by atoms with van der Waals surface area (Å²) in [7, 11) is 0. The Balaban J connectivity index is 3.77. The molecule has 0 aromatic heterocycles. The van der Waals surface area contributed by atoms with Crippen LogP contribution in [0.5, 0.6) is 0 Å². The zero-order valence-corrected chi connectivity index (χ0v) is 29.7. The molecule has 5 heteroatoms. The highest BCUT2D eigenvalue weighted by Gasteiger charge is 2.20. The molecule has 4 N–H and O–H groups in total. The zero-order valence-electron chi connectivity index (χ0n) is 29.7. The number of hydrogen-bond donors (Lipinski definition) is 4. The minimum atomic E-state index is -0.956. The first kappa shape index (κ1) is 43.6. The van der Waals surface area contributed by atoms with Crippen LogP contribution < -0.4 is 5.32 Å². The number of allylic oxidation sites excluding steroid dienone is 5. The smallest absolute Gasteiger partial charge is 0.222 e. The van der Waals surface area contributed by atoms with Gasteiger partial charge in [0.25, 0.3) is 0 Å². The lowest BCUT2D eigenvalue weighted by atomic mass is 10.0. The number of rotatable bonds is 34. The first-order chi connectivity index (χ1) is 22.0. The van der Waals surface area contributed by atoms with Gasteiger partial charge in [0.15, 0.2) is 0 Å². The predicted molar refractivity (Wildman–Crippen MR) is 194 cm³/mol. The van der Waals surface area contributed by atoms with Crippen LogP contribution in [0.2, 0.25) is 0 Å². The summed E-state index contributed by atoms with van der Waals surface area (Å²) < 4.78 is 0. The molecule has 1 amide bonds. The van der Waals surface area contributed by atoms with Gasteiger partial charge in [-0.05, 0) is 44.9 Å². The monoisotopic (exact) mass is 634 g/mol. The Morgan fingerprint density at radius 3 is 1.42 bits per heavy atom. The van der Waals surface area contributed by atoms with E-state index in [0.717, 1.165) is 38.5 Å². The van der Waals surface area contributed by atoms with E-state index in [1.807, 2.05) is 6.08 Å². The topological polar surface area (TPSA) is 89.8 Å². The number of amides is 1. The number of aliphatic hydroxyl groups is 3. The van der Waals surface area contributed by atoms with E-state index in [2.05, 4.69) is 43.5 Å². The average molecular weight is 634 g/mol. The van der Waals surface area contributed by atoms with Gasteiger partial charge in [-0.2, -0.15) is 0 Å². The maximum Gasteiger partial charge on any atom is 0.222 e. The Hall–Kier alpha value is -1.43. The van der Waals surface area contributed by atoms with Gasteiger partial charge in [0, 0.05) is 0 Å². The van der Waals surface area contributed by atoms with Crippen molar-refractivity contribution < 1.29 is 20.1 Å². The molecule has 3 atom stereocenters. The molecule has 0 rings (SSSR count). The highest BCUT2D eigenvalue weighted by molar-refractivity contribution is 5.76. The normalized spacial score (nSPS) is 14.2. The summed E-state index contributed by atoms with van der Waals surface area (Å²) in [5.41, 5.74) is 0. The molecule has 0 bridgehead atoms. The number of carbonyl (C=O) groups is 1. The predicted octanol–water partition coefficient (Wildman–Crippen LogP) is 10.4. The van der Waals surface area contributed by atoms with E-state index >= 15 is 0 Å². The third-order valence-electron chi connectivity index (χ3n) is 8.66. The summed E-state index contributed by atoms with van der Waals surface area (Å²) in [5, 5.41) is 32.9. The summed E-state index contributed by atoms with van der Waals surface area (Å²) in [6, 6.07) is -0.763. The van der Waals surface area contributed by atoms with Crippen molar-refractivity contribution in [1.82, 2.24) is 5.32 Å². The highest BCUT2D eigenvalue weighted by Crippen LogP contribution is 2.14. The van der Waals surface area contributed by atoms with E-state index in [0.29, 0.717) is 6.42 Å². The molecule has 5 nitrogen and oxygen atoms in total. The first-order valence-corrected chi connectivity index (χ1v) is 19.3. The largest absolute Gasteiger partial charge is 0.394 e. The van der Waals surface area contributed by atoms with E-state index in [4.69, 9.17) is 0 Å². The molecule has 0 aliphatic heterocycles. The van der Waals surface area contributed by atoms with Crippen LogP contribution in [0.25, 0.3) is 0 Å². The number of unbranched alkanes of at least 4 members (excludes halogenated alkanes) is 21. The maximum absolute atomic E-state index is 12.3. The van der Waals surface area contributed by atoms with Crippen molar-refractivity contribution in [1.29, 1.82) is 0 Å². The maximum atomic E-state index is 12.3. The molecule has 0 aromatic carbocycles. The summed E-state index contributed by atoms with van der Waals surface area (Å²) in [6.07, 6.45) is 42.8. The SMILES string of the molecule is CCCCCCCCCCCCC/C=C/CC/C=C/CC/C=C/C(O)C(CO)NC(=O)CC(O)CCCCCCCCCCC. The van der Waals surface area contributed by atoms with Crippen LogP contribution >= 0.6 is 0 Å². The lowest BCUT2D eigenvalue weighted by Crippen LogP contribution is -2.45. The first-order valence-electron chi connectivity index (χ1n) is 19.3. The lowest BCUT2D eigenvalue weighted by molar-refractivity contribution is -0.124. The molecule has 0 saturated carbocycles. The minimum Gasteiger partial charge on any atom is -0.394 e. The van der Waals surface area contributed by atoms with E-state index < -0.39 is 18.2 Å². The fraction of sp³-hybridized carbons (Fsp3) is 0.825. The molecular formula is C40H75NO4. The molecule has 0 radical (unpaired) electrons. The molecule has 3 unspecified atom stereocenters. The van der Waals surface area contributed by atoms with Crippen LogP contribution in [0, 0.1) is 0 Å².